The Kier molecular flexibility index (Phi) is 8.01. The third kappa shape index (κ3) is 6.36. The van der Waals surface area contributed by atoms with E-state index in [9.17, 15) is 4.79 Å². The molecule has 0 spiro atoms. The zero-order valence-electron chi connectivity index (χ0n) is 11.7. The van der Waals surface area contributed by atoms with E-state index in [1.807, 2.05) is 0 Å². The second-order valence-electron chi connectivity index (χ2n) is 4.83. The molecule has 1 heterocycles. The van der Waals surface area contributed by atoms with E-state index in [1.165, 1.54) is 20.0 Å². The van der Waals surface area contributed by atoms with Gasteiger partial charge in [-0.25, -0.2) is 0 Å². The number of unbranched alkanes of at least 4 members (excludes halogenated alkanes) is 2. The first-order valence-electron chi connectivity index (χ1n) is 7.10. The summed E-state index contributed by atoms with van der Waals surface area (Å²) in [4.78, 5) is 11.4. The molecule has 1 unspecified atom stereocenters. The summed E-state index contributed by atoms with van der Waals surface area (Å²) in [5.74, 6) is -0.202. The molecule has 18 heavy (non-hydrogen) atoms. The number of hydrogen-bond donors (Lipinski definition) is 0. The van der Waals surface area contributed by atoms with Crippen LogP contribution in [0, 0.1) is 0 Å². The molecular weight excluding hydrogens is 232 g/mol. The van der Waals surface area contributed by atoms with Gasteiger partial charge in [0.2, 0.25) is 0 Å². The second-order valence-corrected chi connectivity index (χ2v) is 4.83. The van der Waals surface area contributed by atoms with E-state index in [1.54, 1.807) is 0 Å². The van der Waals surface area contributed by atoms with Gasteiger partial charge in [-0.2, -0.15) is 0 Å². The molecule has 0 amide bonds. The van der Waals surface area contributed by atoms with Gasteiger partial charge in [0.25, 0.3) is 0 Å². The van der Waals surface area contributed by atoms with E-state index < -0.39 is 0 Å². The fourth-order valence-electron chi connectivity index (χ4n) is 2.14. The fraction of sp³-hybridized carbons (Fsp3) is 0.929. The van der Waals surface area contributed by atoms with Crippen LogP contribution in [0.4, 0.5) is 0 Å². The number of ether oxygens (including phenoxy) is 3. The Morgan fingerprint density at radius 1 is 1.39 bits per heavy atom. The van der Waals surface area contributed by atoms with E-state index in [2.05, 4.69) is 6.92 Å². The van der Waals surface area contributed by atoms with Crippen molar-refractivity contribution in [3.05, 3.63) is 0 Å². The Bertz CT molecular complexity index is 224. The minimum atomic E-state index is -0.202. The van der Waals surface area contributed by atoms with Gasteiger partial charge in [-0.15, -0.1) is 0 Å². The smallest absolute Gasteiger partial charge is 0.308 e. The van der Waals surface area contributed by atoms with Gasteiger partial charge in [0.05, 0.1) is 19.6 Å². The molecule has 0 radical (unpaired) electrons. The van der Waals surface area contributed by atoms with Crippen LogP contribution in [0.25, 0.3) is 0 Å². The van der Waals surface area contributed by atoms with Gasteiger partial charge in [-0.05, 0) is 25.7 Å². The van der Waals surface area contributed by atoms with Crippen LogP contribution in [-0.2, 0) is 19.0 Å². The molecule has 1 fully saturated rings. The van der Waals surface area contributed by atoms with Gasteiger partial charge in [0.15, 0.2) is 6.29 Å². The number of esters is 1. The van der Waals surface area contributed by atoms with Crippen LogP contribution in [0.5, 0.6) is 0 Å². The summed E-state index contributed by atoms with van der Waals surface area (Å²) < 4.78 is 16.2. The van der Waals surface area contributed by atoms with Crippen LogP contribution in [0.1, 0.15) is 58.3 Å². The SMILES string of the molecule is CCCCC[C@H](CC(=O)OC)OC1CCCCO1. The number of rotatable bonds is 8. The molecule has 106 valence electrons. The molecule has 4 heteroatoms. The van der Waals surface area contributed by atoms with Crippen molar-refractivity contribution in [2.75, 3.05) is 13.7 Å². The lowest BCUT2D eigenvalue weighted by molar-refractivity contribution is -0.193. The first-order chi connectivity index (χ1) is 8.76. The zero-order chi connectivity index (χ0) is 13.2. The van der Waals surface area contributed by atoms with Crippen molar-refractivity contribution >= 4 is 5.97 Å². The summed E-state index contributed by atoms with van der Waals surface area (Å²) in [5.41, 5.74) is 0. The molecule has 1 rings (SSSR count). The maximum atomic E-state index is 11.4. The van der Waals surface area contributed by atoms with Crippen molar-refractivity contribution in [2.45, 2.75) is 70.7 Å². The number of carbonyl (C=O) groups excluding carboxylic acids is 1. The minimum absolute atomic E-state index is 0.0629. The summed E-state index contributed by atoms with van der Waals surface area (Å²) in [6.07, 6.45) is 7.67. The van der Waals surface area contributed by atoms with Crippen molar-refractivity contribution in [1.29, 1.82) is 0 Å². The van der Waals surface area contributed by atoms with E-state index in [0.29, 0.717) is 6.42 Å². The average Bonchev–Trinajstić information content (AvgIpc) is 2.40. The minimum Gasteiger partial charge on any atom is -0.469 e. The van der Waals surface area contributed by atoms with Crippen molar-refractivity contribution < 1.29 is 19.0 Å². The van der Waals surface area contributed by atoms with E-state index >= 15 is 0 Å². The standard InChI is InChI=1S/C14H26O4/c1-3-4-5-8-12(11-13(15)16-2)18-14-9-6-7-10-17-14/h12,14H,3-11H2,1-2H3/t12-,14?/m1/s1. The van der Waals surface area contributed by atoms with Gasteiger partial charge in [-0.1, -0.05) is 26.2 Å². The molecule has 4 nitrogen and oxygen atoms in total. The highest BCUT2D eigenvalue weighted by Gasteiger charge is 2.22. The highest BCUT2D eigenvalue weighted by molar-refractivity contribution is 5.69. The predicted molar refractivity (Wildman–Crippen MR) is 69.2 cm³/mol. The lowest BCUT2D eigenvalue weighted by Gasteiger charge is -2.27. The molecule has 0 N–H and O–H groups in total. The summed E-state index contributed by atoms with van der Waals surface area (Å²) >= 11 is 0. The van der Waals surface area contributed by atoms with Crippen molar-refractivity contribution in [2.24, 2.45) is 0 Å². The van der Waals surface area contributed by atoms with Gasteiger partial charge in [-0.3, -0.25) is 4.79 Å². The molecule has 0 aromatic heterocycles. The highest BCUT2D eigenvalue weighted by atomic mass is 16.7. The zero-order valence-corrected chi connectivity index (χ0v) is 11.7. The van der Waals surface area contributed by atoms with Crippen LogP contribution in [0.3, 0.4) is 0 Å². The Morgan fingerprint density at radius 2 is 2.22 bits per heavy atom. The Balaban J connectivity index is 2.34. The molecule has 1 saturated heterocycles. The van der Waals surface area contributed by atoms with Crippen molar-refractivity contribution in [3.63, 3.8) is 0 Å². The topological polar surface area (TPSA) is 44.8 Å². The van der Waals surface area contributed by atoms with Crippen LogP contribution in [0.15, 0.2) is 0 Å². The monoisotopic (exact) mass is 258 g/mol. The number of hydrogen-bond acceptors (Lipinski definition) is 4. The van der Waals surface area contributed by atoms with Crippen molar-refractivity contribution in [3.8, 4) is 0 Å². The maximum absolute atomic E-state index is 11.4. The second kappa shape index (κ2) is 9.34. The van der Waals surface area contributed by atoms with Gasteiger partial charge < -0.3 is 14.2 Å². The normalized spacial score (nSPS) is 21.6. The van der Waals surface area contributed by atoms with Gasteiger partial charge in [0, 0.05) is 6.61 Å². The molecule has 1 aliphatic rings. The lowest BCUT2D eigenvalue weighted by Crippen LogP contribution is -2.29. The molecule has 1 aliphatic heterocycles. The van der Waals surface area contributed by atoms with E-state index in [-0.39, 0.29) is 18.4 Å². The largest absolute Gasteiger partial charge is 0.469 e. The Morgan fingerprint density at radius 3 is 2.83 bits per heavy atom. The molecule has 0 aromatic carbocycles. The van der Waals surface area contributed by atoms with Crippen LogP contribution in [-0.4, -0.2) is 32.1 Å². The summed E-state index contributed by atoms with van der Waals surface area (Å²) in [6, 6.07) is 0. The predicted octanol–water partition coefficient (Wildman–Crippen LogP) is 3.04. The first kappa shape index (κ1) is 15.4. The molecule has 0 aromatic rings. The quantitative estimate of drug-likeness (QED) is 0.496. The fourth-order valence-corrected chi connectivity index (χ4v) is 2.14. The van der Waals surface area contributed by atoms with E-state index in [4.69, 9.17) is 14.2 Å². The molecule has 2 atom stereocenters. The molecule has 0 bridgehead atoms. The van der Waals surface area contributed by atoms with Crippen LogP contribution >= 0.6 is 0 Å². The van der Waals surface area contributed by atoms with Gasteiger partial charge in [0.1, 0.15) is 0 Å². The molecule has 0 saturated carbocycles. The number of carbonyl (C=O) groups is 1. The third-order valence-corrected chi connectivity index (χ3v) is 3.23. The summed E-state index contributed by atoms with van der Waals surface area (Å²) in [6.45, 7) is 2.94. The highest BCUT2D eigenvalue weighted by Crippen LogP contribution is 2.19. The van der Waals surface area contributed by atoms with Crippen LogP contribution in [0.2, 0.25) is 0 Å². The third-order valence-electron chi connectivity index (χ3n) is 3.23. The van der Waals surface area contributed by atoms with Crippen LogP contribution < -0.4 is 0 Å². The summed E-state index contributed by atoms with van der Waals surface area (Å²) in [5, 5.41) is 0. The molecular formula is C14H26O4. The molecule has 0 aliphatic carbocycles. The van der Waals surface area contributed by atoms with Gasteiger partial charge >= 0.3 is 5.97 Å². The Hall–Kier alpha value is -0.610. The van der Waals surface area contributed by atoms with E-state index in [0.717, 1.165) is 38.7 Å². The lowest BCUT2D eigenvalue weighted by atomic mass is 10.1. The van der Waals surface area contributed by atoms with Crippen molar-refractivity contribution in [1.82, 2.24) is 0 Å². The Labute approximate surface area is 110 Å². The first-order valence-corrected chi connectivity index (χ1v) is 7.10. The summed E-state index contributed by atoms with van der Waals surface area (Å²) in [7, 11) is 1.42. The number of methoxy groups -OCH3 is 1. The average molecular weight is 258 g/mol. The maximum Gasteiger partial charge on any atom is 0.308 e.